The summed E-state index contributed by atoms with van der Waals surface area (Å²) in [6.07, 6.45) is 0.518. The number of amides is 1. The fourth-order valence-electron chi connectivity index (χ4n) is 1.74. The number of hydrogen-bond donors (Lipinski definition) is 2. The molecule has 1 aliphatic rings. The largest absolute Gasteiger partial charge is 0.396 e. The third kappa shape index (κ3) is 3.53. The van der Waals surface area contributed by atoms with E-state index in [-0.39, 0.29) is 18.8 Å². The predicted molar refractivity (Wildman–Crippen MR) is 66.0 cm³/mol. The van der Waals surface area contributed by atoms with Crippen LogP contribution in [0.5, 0.6) is 0 Å². The summed E-state index contributed by atoms with van der Waals surface area (Å²) in [5.74, 6) is -0.0924. The molecule has 0 aromatic heterocycles. The van der Waals surface area contributed by atoms with Crippen LogP contribution in [0.2, 0.25) is 0 Å². The van der Waals surface area contributed by atoms with Gasteiger partial charge in [-0.25, -0.2) is 0 Å². The lowest BCUT2D eigenvalue weighted by Crippen LogP contribution is -2.11. The van der Waals surface area contributed by atoms with Gasteiger partial charge < -0.3 is 19.9 Å². The lowest BCUT2D eigenvalue weighted by Gasteiger charge is -2.10. The van der Waals surface area contributed by atoms with Crippen molar-refractivity contribution in [1.82, 2.24) is 0 Å². The van der Waals surface area contributed by atoms with E-state index in [4.69, 9.17) is 14.6 Å². The highest BCUT2D eigenvalue weighted by Gasteiger charge is 2.17. The maximum absolute atomic E-state index is 11.4. The first-order valence-corrected chi connectivity index (χ1v) is 6.03. The van der Waals surface area contributed by atoms with Gasteiger partial charge in [0.25, 0.3) is 0 Å². The van der Waals surface area contributed by atoms with Gasteiger partial charge in [0.1, 0.15) is 0 Å². The minimum atomic E-state index is -0.288. The van der Waals surface area contributed by atoms with Gasteiger partial charge in [0, 0.05) is 24.3 Å². The van der Waals surface area contributed by atoms with Crippen molar-refractivity contribution in [2.75, 3.05) is 25.1 Å². The van der Waals surface area contributed by atoms with Crippen molar-refractivity contribution in [2.24, 2.45) is 0 Å². The van der Waals surface area contributed by atoms with Crippen molar-refractivity contribution in [3.63, 3.8) is 0 Å². The zero-order chi connectivity index (χ0) is 12.8. The molecule has 0 saturated carbocycles. The molecule has 1 aromatic carbocycles. The van der Waals surface area contributed by atoms with Crippen molar-refractivity contribution in [3.8, 4) is 0 Å². The standard InChI is InChI=1S/C13H17NO4/c15-7-1-2-12(16)14-11-5-3-10(4-6-11)13-17-8-9-18-13/h3-6,13,15H,1-2,7-9H2,(H,14,16). The van der Waals surface area contributed by atoms with Crippen LogP contribution in [0.15, 0.2) is 24.3 Å². The van der Waals surface area contributed by atoms with Gasteiger partial charge in [-0.2, -0.15) is 0 Å². The molecule has 98 valence electrons. The van der Waals surface area contributed by atoms with Gasteiger partial charge in [-0.1, -0.05) is 12.1 Å². The lowest BCUT2D eigenvalue weighted by molar-refractivity contribution is -0.116. The number of rotatable bonds is 5. The van der Waals surface area contributed by atoms with Crippen LogP contribution in [0.3, 0.4) is 0 Å². The Bertz CT molecular complexity index is 384. The number of anilines is 1. The molecule has 2 rings (SSSR count). The molecule has 1 aliphatic heterocycles. The van der Waals surface area contributed by atoms with Crippen LogP contribution in [0.4, 0.5) is 5.69 Å². The van der Waals surface area contributed by atoms with Gasteiger partial charge in [0.15, 0.2) is 6.29 Å². The number of aliphatic hydroxyl groups excluding tert-OH is 1. The lowest BCUT2D eigenvalue weighted by atomic mass is 10.2. The van der Waals surface area contributed by atoms with Crippen LogP contribution in [0.1, 0.15) is 24.7 Å². The molecule has 18 heavy (non-hydrogen) atoms. The maximum Gasteiger partial charge on any atom is 0.224 e. The highest BCUT2D eigenvalue weighted by Crippen LogP contribution is 2.24. The molecule has 0 spiro atoms. The molecular weight excluding hydrogens is 234 g/mol. The molecule has 1 amide bonds. The van der Waals surface area contributed by atoms with Crippen molar-refractivity contribution < 1.29 is 19.4 Å². The summed E-state index contributed by atoms with van der Waals surface area (Å²) in [5, 5.41) is 11.4. The number of aliphatic hydroxyl groups is 1. The quantitative estimate of drug-likeness (QED) is 0.831. The summed E-state index contributed by atoms with van der Waals surface area (Å²) in [4.78, 5) is 11.4. The van der Waals surface area contributed by atoms with E-state index in [1.54, 1.807) is 0 Å². The first-order valence-electron chi connectivity index (χ1n) is 6.03. The number of ether oxygens (including phenoxy) is 2. The fraction of sp³-hybridized carbons (Fsp3) is 0.462. The van der Waals surface area contributed by atoms with Crippen LogP contribution in [0.25, 0.3) is 0 Å². The first kappa shape index (κ1) is 13.0. The molecule has 5 heteroatoms. The number of benzene rings is 1. The van der Waals surface area contributed by atoms with E-state index in [2.05, 4.69) is 5.32 Å². The molecule has 1 saturated heterocycles. The smallest absolute Gasteiger partial charge is 0.224 e. The fourth-order valence-corrected chi connectivity index (χ4v) is 1.74. The van der Waals surface area contributed by atoms with Crippen LogP contribution < -0.4 is 5.32 Å². The third-order valence-electron chi connectivity index (χ3n) is 2.65. The molecular formula is C13H17NO4. The second kappa shape index (κ2) is 6.49. The second-order valence-corrected chi connectivity index (χ2v) is 4.07. The van der Waals surface area contributed by atoms with Crippen LogP contribution in [-0.2, 0) is 14.3 Å². The average molecular weight is 251 g/mol. The van der Waals surface area contributed by atoms with Gasteiger partial charge in [-0.05, 0) is 18.6 Å². The molecule has 1 aromatic rings. The summed E-state index contributed by atoms with van der Waals surface area (Å²) in [6.45, 7) is 1.26. The Balaban J connectivity index is 1.88. The molecule has 1 fully saturated rings. The molecule has 0 atom stereocenters. The second-order valence-electron chi connectivity index (χ2n) is 4.07. The van der Waals surface area contributed by atoms with Gasteiger partial charge in [0.05, 0.1) is 13.2 Å². The van der Waals surface area contributed by atoms with E-state index >= 15 is 0 Å². The van der Waals surface area contributed by atoms with E-state index in [1.165, 1.54) is 0 Å². The summed E-state index contributed by atoms with van der Waals surface area (Å²) < 4.78 is 10.8. The summed E-state index contributed by atoms with van der Waals surface area (Å²) in [7, 11) is 0. The van der Waals surface area contributed by atoms with Gasteiger partial charge in [0.2, 0.25) is 5.91 Å². The van der Waals surface area contributed by atoms with Crippen molar-refractivity contribution in [2.45, 2.75) is 19.1 Å². The minimum absolute atomic E-state index is 0.0305. The Kier molecular flexibility index (Phi) is 4.69. The van der Waals surface area contributed by atoms with Crippen molar-refractivity contribution in [1.29, 1.82) is 0 Å². The predicted octanol–water partition coefficient (Wildman–Crippen LogP) is 1.44. The number of nitrogens with one attached hydrogen (secondary N) is 1. The Morgan fingerprint density at radius 2 is 1.94 bits per heavy atom. The van der Waals surface area contributed by atoms with E-state index < -0.39 is 0 Å². The normalized spacial score (nSPS) is 15.8. The third-order valence-corrected chi connectivity index (χ3v) is 2.65. The Labute approximate surface area is 106 Å². The highest BCUT2D eigenvalue weighted by molar-refractivity contribution is 5.90. The zero-order valence-electron chi connectivity index (χ0n) is 10.1. The summed E-state index contributed by atoms with van der Waals surface area (Å²) >= 11 is 0. The molecule has 2 N–H and O–H groups in total. The van der Waals surface area contributed by atoms with E-state index in [9.17, 15) is 4.79 Å². The molecule has 0 radical (unpaired) electrons. The van der Waals surface area contributed by atoms with E-state index in [0.29, 0.717) is 26.1 Å². The van der Waals surface area contributed by atoms with Crippen molar-refractivity contribution in [3.05, 3.63) is 29.8 Å². The number of carbonyl (C=O) groups excluding carboxylic acids is 1. The topological polar surface area (TPSA) is 67.8 Å². The summed E-state index contributed by atoms with van der Waals surface area (Å²) in [6, 6.07) is 7.38. The first-order chi connectivity index (χ1) is 8.79. The number of hydrogen-bond acceptors (Lipinski definition) is 4. The zero-order valence-corrected chi connectivity index (χ0v) is 10.1. The Hall–Kier alpha value is -1.43. The van der Waals surface area contributed by atoms with Crippen molar-refractivity contribution >= 4 is 11.6 Å². The van der Waals surface area contributed by atoms with Crippen LogP contribution in [-0.4, -0.2) is 30.8 Å². The van der Waals surface area contributed by atoms with Gasteiger partial charge in [-0.15, -0.1) is 0 Å². The van der Waals surface area contributed by atoms with Gasteiger partial charge in [-0.3, -0.25) is 4.79 Å². The van der Waals surface area contributed by atoms with E-state index in [0.717, 1.165) is 11.3 Å². The highest BCUT2D eigenvalue weighted by atomic mass is 16.7. The van der Waals surface area contributed by atoms with E-state index in [1.807, 2.05) is 24.3 Å². The maximum atomic E-state index is 11.4. The van der Waals surface area contributed by atoms with Gasteiger partial charge >= 0.3 is 0 Å². The Morgan fingerprint density at radius 3 is 2.56 bits per heavy atom. The van der Waals surface area contributed by atoms with Crippen LogP contribution in [0, 0.1) is 0 Å². The molecule has 0 unspecified atom stereocenters. The molecule has 1 heterocycles. The monoisotopic (exact) mass is 251 g/mol. The molecule has 0 aliphatic carbocycles. The average Bonchev–Trinajstić information content (AvgIpc) is 2.91. The molecule has 5 nitrogen and oxygen atoms in total. The minimum Gasteiger partial charge on any atom is -0.396 e. The Morgan fingerprint density at radius 1 is 1.28 bits per heavy atom. The SMILES string of the molecule is O=C(CCCO)Nc1ccc(C2OCCO2)cc1. The summed E-state index contributed by atoms with van der Waals surface area (Å²) in [5.41, 5.74) is 1.68. The number of carbonyl (C=O) groups is 1. The van der Waals surface area contributed by atoms with Crippen LogP contribution >= 0.6 is 0 Å². The molecule has 0 bridgehead atoms.